The fraction of sp³-hybridized carbons (Fsp3) is 0.235. The number of methoxy groups -OCH3 is 1. The minimum Gasteiger partial charge on any atom is -0.481 e. The molecule has 0 bridgehead atoms. The molecule has 3 aromatic rings. The number of imidazole rings is 1. The average molecular weight is 295 g/mol. The van der Waals surface area contributed by atoms with Crippen LogP contribution in [0.25, 0.3) is 5.78 Å². The number of aryl methyl sites for hydroxylation is 1. The standard InChI is InChI=1S/C17H17N3O2/c1-4-13-11(2)20-10-14(18-17(20)19-16(13)22-3)15(21)12-8-6-5-7-9-12/h5-10H,4H2,1-3H3. The molecule has 22 heavy (non-hydrogen) atoms. The SMILES string of the molecule is CCc1c(OC)nc2nc(C(=O)c3ccccc3)cn2c1C. The van der Waals surface area contributed by atoms with E-state index in [1.165, 1.54) is 0 Å². The van der Waals surface area contributed by atoms with Gasteiger partial charge in [0.05, 0.1) is 7.11 Å². The quantitative estimate of drug-likeness (QED) is 0.694. The third kappa shape index (κ3) is 2.24. The van der Waals surface area contributed by atoms with Crippen LogP contribution in [0.2, 0.25) is 0 Å². The Kier molecular flexibility index (Phi) is 3.63. The van der Waals surface area contributed by atoms with Crippen LogP contribution in [-0.2, 0) is 6.42 Å². The summed E-state index contributed by atoms with van der Waals surface area (Å²) in [5.41, 5.74) is 3.01. The second-order valence-corrected chi connectivity index (χ2v) is 5.03. The third-order valence-corrected chi connectivity index (χ3v) is 3.76. The molecule has 0 unspecified atom stereocenters. The second kappa shape index (κ2) is 5.60. The lowest BCUT2D eigenvalue weighted by Gasteiger charge is -2.10. The molecule has 0 saturated heterocycles. The van der Waals surface area contributed by atoms with Crippen LogP contribution < -0.4 is 4.74 Å². The van der Waals surface area contributed by atoms with Crippen LogP contribution in [0, 0.1) is 6.92 Å². The summed E-state index contributed by atoms with van der Waals surface area (Å²) in [5.74, 6) is 0.935. The predicted octanol–water partition coefficient (Wildman–Crippen LogP) is 2.84. The second-order valence-electron chi connectivity index (χ2n) is 5.03. The highest BCUT2D eigenvalue weighted by Crippen LogP contribution is 2.22. The van der Waals surface area contributed by atoms with E-state index in [9.17, 15) is 4.79 Å². The first-order valence-corrected chi connectivity index (χ1v) is 7.18. The zero-order valence-corrected chi connectivity index (χ0v) is 12.8. The molecule has 0 saturated carbocycles. The molecule has 0 fully saturated rings. The van der Waals surface area contributed by atoms with Gasteiger partial charge in [-0.05, 0) is 13.3 Å². The van der Waals surface area contributed by atoms with Crippen LogP contribution in [0.5, 0.6) is 5.88 Å². The predicted molar refractivity (Wildman–Crippen MR) is 83.5 cm³/mol. The molecular weight excluding hydrogens is 278 g/mol. The van der Waals surface area contributed by atoms with Crippen molar-refractivity contribution >= 4 is 11.6 Å². The van der Waals surface area contributed by atoms with Gasteiger partial charge in [-0.1, -0.05) is 37.3 Å². The summed E-state index contributed by atoms with van der Waals surface area (Å²) >= 11 is 0. The molecule has 112 valence electrons. The van der Waals surface area contributed by atoms with Gasteiger partial charge in [-0.3, -0.25) is 9.20 Å². The van der Waals surface area contributed by atoms with Crippen LogP contribution in [0.3, 0.4) is 0 Å². The summed E-state index contributed by atoms with van der Waals surface area (Å²) < 4.78 is 7.17. The van der Waals surface area contributed by atoms with Gasteiger partial charge in [0.2, 0.25) is 17.4 Å². The molecule has 5 nitrogen and oxygen atoms in total. The van der Waals surface area contributed by atoms with Crippen LogP contribution in [-0.4, -0.2) is 27.3 Å². The van der Waals surface area contributed by atoms with Crippen LogP contribution in [0.1, 0.15) is 34.2 Å². The number of aromatic nitrogens is 3. The molecule has 2 aromatic heterocycles. The molecule has 0 atom stereocenters. The van der Waals surface area contributed by atoms with Crippen molar-refractivity contribution in [2.24, 2.45) is 0 Å². The molecule has 0 radical (unpaired) electrons. The van der Waals surface area contributed by atoms with Crippen molar-refractivity contribution in [3.05, 3.63) is 59.0 Å². The number of hydrogen-bond acceptors (Lipinski definition) is 4. The monoisotopic (exact) mass is 295 g/mol. The van der Waals surface area contributed by atoms with Gasteiger partial charge in [0.1, 0.15) is 5.69 Å². The van der Waals surface area contributed by atoms with Gasteiger partial charge >= 0.3 is 0 Å². The first-order chi connectivity index (χ1) is 10.7. The lowest BCUT2D eigenvalue weighted by atomic mass is 10.1. The molecule has 0 amide bonds. The normalized spacial score (nSPS) is 10.9. The van der Waals surface area contributed by atoms with Crippen LogP contribution >= 0.6 is 0 Å². The molecule has 0 aliphatic carbocycles. The third-order valence-electron chi connectivity index (χ3n) is 3.76. The molecule has 3 rings (SSSR count). The Hall–Kier alpha value is -2.69. The van der Waals surface area contributed by atoms with Gasteiger partial charge in [-0.15, -0.1) is 0 Å². The number of carbonyl (C=O) groups is 1. The lowest BCUT2D eigenvalue weighted by molar-refractivity contribution is 0.103. The van der Waals surface area contributed by atoms with Crippen molar-refractivity contribution in [2.75, 3.05) is 7.11 Å². The zero-order valence-electron chi connectivity index (χ0n) is 12.8. The number of fused-ring (bicyclic) bond motifs is 1. The van der Waals surface area contributed by atoms with E-state index in [0.717, 1.165) is 17.7 Å². The molecule has 0 aliphatic rings. The van der Waals surface area contributed by atoms with Crippen molar-refractivity contribution in [1.82, 2.24) is 14.4 Å². The smallest absolute Gasteiger partial charge is 0.237 e. The van der Waals surface area contributed by atoms with Crippen molar-refractivity contribution < 1.29 is 9.53 Å². The number of nitrogens with zero attached hydrogens (tertiary/aromatic N) is 3. The molecule has 2 heterocycles. The number of carbonyl (C=O) groups excluding carboxylic acids is 1. The first-order valence-electron chi connectivity index (χ1n) is 7.18. The number of benzene rings is 1. The van der Waals surface area contributed by atoms with E-state index in [4.69, 9.17) is 4.74 Å². The zero-order chi connectivity index (χ0) is 15.7. The number of rotatable bonds is 4. The fourth-order valence-corrected chi connectivity index (χ4v) is 2.58. The molecule has 1 aromatic carbocycles. The van der Waals surface area contributed by atoms with Crippen LogP contribution in [0.4, 0.5) is 0 Å². The summed E-state index contributed by atoms with van der Waals surface area (Å²) in [4.78, 5) is 21.3. The highest BCUT2D eigenvalue weighted by Gasteiger charge is 2.17. The summed E-state index contributed by atoms with van der Waals surface area (Å²) in [6, 6.07) is 9.12. The van der Waals surface area contributed by atoms with Gasteiger partial charge in [0.15, 0.2) is 0 Å². The Morgan fingerprint density at radius 1 is 1.23 bits per heavy atom. The van der Waals surface area contributed by atoms with Crippen LogP contribution in [0.15, 0.2) is 36.5 Å². The van der Waals surface area contributed by atoms with Gasteiger partial charge in [0, 0.05) is 23.0 Å². The Balaban J connectivity index is 2.14. The van der Waals surface area contributed by atoms with Crippen molar-refractivity contribution in [3.8, 4) is 5.88 Å². The van der Waals surface area contributed by atoms with Gasteiger partial charge in [-0.2, -0.15) is 4.98 Å². The number of hydrogen-bond donors (Lipinski definition) is 0. The summed E-state index contributed by atoms with van der Waals surface area (Å²) in [6.07, 6.45) is 2.55. The van der Waals surface area contributed by atoms with E-state index < -0.39 is 0 Å². The largest absolute Gasteiger partial charge is 0.481 e. The molecular formula is C17H17N3O2. The van der Waals surface area contributed by atoms with Gasteiger partial charge in [0.25, 0.3) is 0 Å². The van der Waals surface area contributed by atoms with E-state index in [2.05, 4.69) is 9.97 Å². The van der Waals surface area contributed by atoms with E-state index in [0.29, 0.717) is 22.9 Å². The van der Waals surface area contributed by atoms with Gasteiger partial charge in [-0.25, -0.2) is 4.98 Å². The van der Waals surface area contributed by atoms with E-state index in [1.807, 2.05) is 36.4 Å². The molecule has 0 spiro atoms. The fourth-order valence-electron chi connectivity index (χ4n) is 2.58. The van der Waals surface area contributed by atoms with E-state index in [1.54, 1.807) is 25.4 Å². The average Bonchev–Trinajstić information content (AvgIpc) is 2.99. The highest BCUT2D eigenvalue weighted by molar-refractivity contribution is 6.07. The minimum absolute atomic E-state index is 0.109. The van der Waals surface area contributed by atoms with Crippen molar-refractivity contribution in [1.29, 1.82) is 0 Å². The maximum absolute atomic E-state index is 12.5. The lowest BCUT2D eigenvalue weighted by Crippen LogP contribution is -2.03. The molecule has 5 heteroatoms. The Bertz CT molecular complexity index is 838. The van der Waals surface area contributed by atoms with Crippen molar-refractivity contribution in [2.45, 2.75) is 20.3 Å². The number of ketones is 1. The summed E-state index contributed by atoms with van der Waals surface area (Å²) in [7, 11) is 1.59. The Labute approximate surface area is 128 Å². The van der Waals surface area contributed by atoms with Gasteiger partial charge < -0.3 is 4.74 Å². The molecule has 0 N–H and O–H groups in total. The summed E-state index contributed by atoms with van der Waals surface area (Å²) in [6.45, 7) is 4.03. The maximum Gasteiger partial charge on any atom is 0.237 e. The Morgan fingerprint density at radius 3 is 2.59 bits per heavy atom. The maximum atomic E-state index is 12.5. The summed E-state index contributed by atoms with van der Waals surface area (Å²) in [5, 5.41) is 0. The van der Waals surface area contributed by atoms with E-state index >= 15 is 0 Å². The number of ether oxygens (including phenoxy) is 1. The minimum atomic E-state index is -0.109. The van der Waals surface area contributed by atoms with E-state index in [-0.39, 0.29) is 5.78 Å². The van der Waals surface area contributed by atoms with Crippen molar-refractivity contribution in [3.63, 3.8) is 0 Å². The molecule has 0 aliphatic heterocycles. The Morgan fingerprint density at radius 2 is 1.95 bits per heavy atom. The first kappa shape index (κ1) is 14.3. The highest BCUT2D eigenvalue weighted by atomic mass is 16.5. The topological polar surface area (TPSA) is 56.5 Å².